The van der Waals surface area contributed by atoms with Gasteiger partial charge in [-0.05, 0) is 6.08 Å². The van der Waals surface area contributed by atoms with Gasteiger partial charge < -0.3 is 5.73 Å². The van der Waals surface area contributed by atoms with E-state index in [0.29, 0.717) is 0 Å². The van der Waals surface area contributed by atoms with Crippen LogP contribution in [0.25, 0.3) is 0 Å². The molecule has 2 N–H and O–H groups in total. The maximum absolute atomic E-state index is 12.2. The van der Waals surface area contributed by atoms with Crippen LogP contribution in [0.1, 0.15) is 0 Å². The molecule has 0 aliphatic heterocycles. The fraction of sp³-hybridized carbons (Fsp3) is 0.167. The number of hydrogen-bond acceptors (Lipinski definition) is 1. The van der Waals surface area contributed by atoms with E-state index in [-0.39, 0.29) is 12.2 Å². The molecular formula is C6H4F5NO. The van der Waals surface area contributed by atoms with Crippen LogP contribution in [0.15, 0.2) is 24.1 Å². The molecule has 0 heterocycles. The Bertz CT molecular complexity index is 266. The molecule has 0 saturated carbocycles. The number of carbonyl (C=O) groups excluding carboxylic acids is 1. The first-order valence-corrected chi connectivity index (χ1v) is 2.85. The van der Waals surface area contributed by atoms with Crippen molar-refractivity contribution in [1.29, 1.82) is 0 Å². The Morgan fingerprint density at radius 1 is 1.23 bits per heavy atom. The van der Waals surface area contributed by atoms with Gasteiger partial charge in [-0.25, -0.2) is 0 Å². The second-order valence-corrected chi connectivity index (χ2v) is 1.93. The number of halogens is 5. The van der Waals surface area contributed by atoms with Gasteiger partial charge in [0.2, 0.25) is 11.7 Å². The molecule has 0 rings (SSSR count). The SMILES string of the molecule is NC(=O)C=CC(F)(F)C(F)=C(F)F. The van der Waals surface area contributed by atoms with Gasteiger partial charge in [0.25, 0.3) is 0 Å². The first-order valence-electron chi connectivity index (χ1n) is 2.85. The third-order valence-corrected chi connectivity index (χ3v) is 0.915. The van der Waals surface area contributed by atoms with Gasteiger partial charge in [-0.2, -0.15) is 22.0 Å². The minimum absolute atomic E-state index is 0.0997. The fourth-order valence-electron chi connectivity index (χ4n) is 0.386. The molecule has 0 radical (unpaired) electrons. The molecular weight excluding hydrogens is 197 g/mol. The minimum Gasteiger partial charge on any atom is -0.366 e. The molecule has 0 saturated heterocycles. The summed E-state index contributed by atoms with van der Waals surface area (Å²) < 4.78 is 59.0. The van der Waals surface area contributed by atoms with E-state index in [4.69, 9.17) is 0 Å². The topological polar surface area (TPSA) is 43.1 Å². The molecule has 0 aromatic rings. The molecule has 0 bridgehead atoms. The molecule has 1 amide bonds. The number of alkyl halides is 2. The fourth-order valence-corrected chi connectivity index (χ4v) is 0.386. The summed E-state index contributed by atoms with van der Waals surface area (Å²) in [5.41, 5.74) is 4.39. The average Bonchev–Trinajstić information content (AvgIpc) is 1.99. The Hall–Kier alpha value is -1.40. The number of primary amides is 1. The van der Waals surface area contributed by atoms with Crippen LogP contribution in [0, 0.1) is 0 Å². The monoisotopic (exact) mass is 201 g/mol. The Kier molecular flexibility index (Phi) is 3.58. The summed E-state index contributed by atoms with van der Waals surface area (Å²) in [6.07, 6.45) is -3.38. The van der Waals surface area contributed by atoms with Gasteiger partial charge in [0.15, 0.2) is 0 Å². The smallest absolute Gasteiger partial charge is 0.323 e. The van der Waals surface area contributed by atoms with Crippen LogP contribution in [0.3, 0.4) is 0 Å². The van der Waals surface area contributed by atoms with Gasteiger partial charge in [0, 0.05) is 6.08 Å². The maximum atomic E-state index is 12.2. The Balaban J connectivity index is 4.78. The number of carbonyl (C=O) groups is 1. The normalized spacial score (nSPS) is 11.8. The van der Waals surface area contributed by atoms with Crippen molar-refractivity contribution in [3.63, 3.8) is 0 Å². The molecule has 0 aromatic carbocycles. The van der Waals surface area contributed by atoms with Crippen LogP contribution in [0.5, 0.6) is 0 Å². The highest BCUT2D eigenvalue weighted by atomic mass is 19.3. The molecule has 0 fully saturated rings. The van der Waals surface area contributed by atoms with Crippen molar-refractivity contribution >= 4 is 5.91 Å². The minimum atomic E-state index is -4.51. The van der Waals surface area contributed by atoms with E-state index in [1.807, 2.05) is 0 Å². The van der Waals surface area contributed by atoms with Gasteiger partial charge in [-0.1, -0.05) is 0 Å². The lowest BCUT2D eigenvalue weighted by Crippen LogP contribution is -2.16. The molecule has 13 heavy (non-hydrogen) atoms. The zero-order valence-corrected chi connectivity index (χ0v) is 6.03. The quantitative estimate of drug-likeness (QED) is 0.548. The molecule has 0 aromatic heterocycles. The Labute approximate surface area is 69.5 Å². The van der Waals surface area contributed by atoms with E-state index in [1.165, 1.54) is 0 Å². The predicted octanol–water partition coefficient (Wildman–Crippen LogP) is 1.74. The highest BCUT2D eigenvalue weighted by Gasteiger charge is 2.36. The van der Waals surface area contributed by atoms with E-state index in [2.05, 4.69) is 5.73 Å². The third-order valence-electron chi connectivity index (χ3n) is 0.915. The van der Waals surface area contributed by atoms with Crippen LogP contribution in [0.4, 0.5) is 22.0 Å². The van der Waals surface area contributed by atoms with Crippen LogP contribution in [-0.2, 0) is 4.79 Å². The molecule has 0 atom stereocenters. The summed E-state index contributed by atoms with van der Waals surface area (Å²) in [5.74, 6) is -8.69. The molecule has 0 spiro atoms. The van der Waals surface area contributed by atoms with Crippen molar-refractivity contribution in [2.45, 2.75) is 5.92 Å². The largest absolute Gasteiger partial charge is 0.366 e. The van der Waals surface area contributed by atoms with Crippen molar-refractivity contribution < 1.29 is 26.7 Å². The summed E-state index contributed by atoms with van der Waals surface area (Å²) in [5, 5.41) is 0. The van der Waals surface area contributed by atoms with Crippen molar-refractivity contribution in [3.8, 4) is 0 Å². The van der Waals surface area contributed by atoms with Crippen LogP contribution >= 0.6 is 0 Å². The number of hydrogen-bond donors (Lipinski definition) is 1. The first-order chi connectivity index (χ1) is 5.77. The summed E-state index contributed by atoms with van der Waals surface area (Å²) in [4.78, 5) is 9.91. The molecule has 0 aliphatic carbocycles. The van der Waals surface area contributed by atoms with Gasteiger partial charge in [-0.15, -0.1) is 0 Å². The number of amides is 1. The van der Waals surface area contributed by atoms with Crippen LogP contribution in [0.2, 0.25) is 0 Å². The Morgan fingerprint density at radius 2 is 1.69 bits per heavy atom. The van der Waals surface area contributed by atoms with Gasteiger partial charge in [0.05, 0.1) is 0 Å². The average molecular weight is 201 g/mol. The van der Waals surface area contributed by atoms with E-state index in [0.717, 1.165) is 0 Å². The van der Waals surface area contributed by atoms with E-state index >= 15 is 0 Å². The lowest BCUT2D eigenvalue weighted by atomic mass is 10.2. The van der Waals surface area contributed by atoms with Crippen molar-refractivity contribution in [3.05, 3.63) is 24.1 Å². The first kappa shape index (κ1) is 11.6. The zero-order valence-electron chi connectivity index (χ0n) is 6.03. The summed E-state index contributed by atoms with van der Waals surface area (Å²) >= 11 is 0. The molecule has 2 nitrogen and oxygen atoms in total. The zero-order chi connectivity index (χ0) is 10.6. The molecule has 74 valence electrons. The van der Waals surface area contributed by atoms with Crippen LogP contribution in [-0.4, -0.2) is 11.8 Å². The predicted molar refractivity (Wildman–Crippen MR) is 33.6 cm³/mol. The van der Waals surface area contributed by atoms with Crippen molar-refractivity contribution in [1.82, 2.24) is 0 Å². The highest BCUT2D eigenvalue weighted by Crippen LogP contribution is 2.30. The molecule has 0 unspecified atom stereocenters. The summed E-state index contributed by atoms with van der Waals surface area (Å²) in [7, 11) is 0. The van der Waals surface area contributed by atoms with E-state index in [9.17, 15) is 26.7 Å². The lowest BCUT2D eigenvalue weighted by Gasteiger charge is -2.06. The van der Waals surface area contributed by atoms with Gasteiger partial charge in [-0.3, -0.25) is 4.79 Å². The number of rotatable bonds is 3. The Morgan fingerprint density at radius 3 is 2.00 bits per heavy atom. The molecule has 0 aliphatic rings. The second-order valence-electron chi connectivity index (χ2n) is 1.93. The molecule has 7 heteroatoms. The van der Waals surface area contributed by atoms with Crippen molar-refractivity contribution in [2.24, 2.45) is 5.73 Å². The van der Waals surface area contributed by atoms with Crippen molar-refractivity contribution in [2.75, 3.05) is 0 Å². The van der Waals surface area contributed by atoms with E-state index < -0.39 is 23.7 Å². The second kappa shape index (κ2) is 4.01. The van der Waals surface area contributed by atoms with E-state index in [1.54, 1.807) is 0 Å². The van der Waals surface area contributed by atoms with Gasteiger partial charge in [0.1, 0.15) is 0 Å². The van der Waals surface area contributed by atoms with Crippen LogP contribution < -0.4 is 5.73 Å². The lowest BCUT2D eigenvalue weighted by molar-refractivity contribution is -0.113. The van der Waals surface area contributed by atoms with Gasteiger partial charge >= 0.3 is 12.0 Å². The summed E-state index contributed by atoms with van der Waals surface area (Å²) in [6.45, 7) is 0. The maximum Gasteiger partial charge on any atom is 0.323 e. The standard InChI is InChI=1S/C6H4F5NO/c7-4(5(8)9)6(10,11)2-1-3(12)13/h1-2H,(H2,12,13). The highest BCUT2D eigenvalue weighted by molar-refractivity contribution is 5.85. The number of nitrogens with two attached hydrogens (primary N) is 1. The number of allylic oxidation sites excluding steroid dienone is 2. The summed E-state index contributed by atoms with van der Waals surface area (Å²) in [6, 6.07) is 0. The third kappa shape index (κ3) is 3.68.